The molecule has 0 saturated carbocycles. The Morgan fingerprint density at radius 1 is 1.64 bits per heavy atom. The minimum atomic E-state index is 0.723. The monoisotopic (exact) mass is 183 g/mol. The van der Waals surface area contributed by atoms with Crippen molar-refractivity contribution in [3.05, 3.63) is 16.7 Å². The van der Waals surface area contributed by atoms with E-state index in [1.165, 1.54) is 11.5 Å². The number of fused-ring (bicyclic) bond motifs is 1. The molecule has 0 unspecified atom stereocenters. The first-order chi connectivity index (χ1) is 5.29. The molecule has 3 nitrogen and oxygen atoms in total. The quantitative estimate of drug-likeness (QED) is 0.636. The Morgan fingerprint density at radius 2 is 2.45 bits per heavy atom. The molecule has 0 aliphatic carbocycles. The molecule has 0 spiro atoms. The second-order valence-electron chi connectivity index (χ2n) is 2.18. The maximum absolute atomic E-state index is 5.07. The van der Waals surface area contributed by atoms with Gasteiger partial charge in [0.05, 0.1) is 17.4 Å². The van der Waals surface area contributed by atoms with Gasteiger partial charge in [-0.25, -0.2) is 4.98 Å². The first-order valence-corrected chi connectivity index (χ1v) is 4.27. The Kier molecular flexibility index (Phi) is 1.47. The van der Waals surface area contributed by atoms with Crippen LogP contribution in [0.15, 0.2) is 6.33 Å². The van der Waals surface area contributed by atoms with Gasteiger partial charge in [0.15, 0.2) is 0 Å². The summed E-state index contributed by atoms with van der Waals surface area (Å²) in [7, 11) is 0. The van der Waals surface area contributed by atoms with Crippen molar-refractivity contribution in [3.63, 3.8) is 0 Å². The summed E-state index contributed by atoms with van der Waals surface area (Å²) in [5.41, 5.74) is 0.958. The van der Waals surface area contributed by atoms with Crippen LogP contribution in [0.5, 0.6) is 0 Å². The Hall–Kier alpha value is -0.810. The second-order valence-corrected chi connectivity index (χ2v) is 3.34. The van der Waals surface area contributed by atoms with Gasteiger partial charge in [-0.2, -0.15) is 4.37 Å². The highest BCUT2D eigenvalue weighted by Crippen LogP contribution is 2.18. The highest BCUT2D eigenvalue weighted by atomic mass is 32.1. The Bertz CT molecular complexity index is 442. The first-order valence-electron chi connectivity index (χ1n) is 3.08. The minimum absolute atomic E-state index is 0.723. The summed E-state index contributed by atoms with van der Waals surface area (Å²) in [6.07, 6.45) is 1.60. The lowest BCUT2D eigenvalue weighted by molar-refractivity contribution is 1.21. The number of aryl methyl sites for hydroxylation is 1. The van der Waals surface area contributed by atoms with E-state index in [2.05, 4.69) is 14.3 Å². The van der Waals surface area contributed by atoms with Gasteiger partial charge in [0.25, 0.3) is 0 Å². The van der Waals surface area contributed by atoms with E-state index >= 15 is 0 Å². The van der Waals surface area contributed by atoms with Crippen molar-refractivity contribution in [2.24, 2.45) is 0 Å². The summed E-state index contributed by atoms with van der Waals surface area (Å²) in [6.45, 7) is 1.93. The van der Waals surface area contributed by atoms with Crippen molar-refractivity contribution in [1.82, 2.24) is 14.3 Å². The van der Waals surface area contributed by atoms with Gasteiger partial charge >= 0.3 is 0 Å². The summed E-state index contributed by atoms with van der Waals surface area (Å²) in [5.74, 6) is 0. The molecule has 0 fully saturated rings. The Labute approximate surface area is 72.3 Å². The molecule has 0 amide bonds. The van der Waals surface area contributed by atoms with Gasteiger partial charge in [-0.1, -0.05) is 12.2 Å². The molecule has 56 valence electrons. The largest absolute Gasteiger partial charge is 0.337 e. The molecule has 1 N–H and O–H groups in total. The average molecular weight is 183 g/mol. The highest BCUT2D eigenvalue weighted by molar-refractivity contribution is 7.71. The number of rotatable bonds is 0. The average Bonchev–Trinajstić information content (AvgIpc) is 2.34. The summed E-state index contributed by atoms with van der Waals surface area (Å²) in [4.78, 5) is 7.88. The topological polar surface area (TPSA) is 41.6 Å². The molecule has 2 aromatic heterocycles. The number of aromatic amines is 1. The minimum Gasteiger partial charge on any atom is -0.337 e. The molecule has 5 heteroatoms. The molecule has 0 atom stereocenters. The summed E-state index contributed by atoms with van der Waals surface area (Å²) < 4.78 is 4.87. The predicted octanol–water partition coefficient (Wildman–Crippen LogP) is 2.06. The van der Waals surface area contributed by atoms with Crippen LogP contribution in [0.25, 0.3) is 10.2 Å². The third-order valence-corrected chi connectivity index (χ3v) is 2.62. The molecule has 0 radical (unpaired) electrons. The molecule has 2 aromatic rings. The van der Waals surface area contributed by atoms with Crippen LogP contribution in [0.2, 0.25) is 0 Å². The molecule has 0 aliphatic heterocycles. The normalized spacial score (nSPS) is 10.6. The standard InChI is InChI=1S/C6H5N3S2/c1-3-4-5(10)7-2-8-6(4)11-9-3/h2H,1H3,(H,7,8,10). The van der Waals surface area contributed by atoms with E-state index in [4.69, 9.17) is 12.2 Å². The molecular weight excluding hydrogens is 178 g/mol. The van der Waals surface area contributed by atoms with Gasteiger partial charge in [0.1, 0.15) is 9.47 Å². The SMILES string of the molecule is Cc1nsc2nc[nH]c(=S)c12. The van der Waals surface area contributed by atoms with Crippen LogP contribution in [0.1, 0.15) is 5.69 Å². The van der Waals surface area contributed by atoms with Crippen LogP contribution in [0, 0.1) is 11.6 Å². The van der Waals surface area contributed by atoms with Gasteiger partial charge in [0, 0.05) is 0 Å². The van der Waals surface area contributed by atoms with Crippen LogP contribution < -0.4 is 0 Å². The van der Waals surface area contributed by atoms with Gasteiger partial charge < -0.3 is 4.98 Å². The number of nitrogens with one attached hydrogen (secondary N) is 1. The van der Waals surface area contributed by atoms with Crippen LogP contribution in [0.3, 0.4) is 0 Å². The van der Waals surface area contributed by atoms with Gasteiger partial charge in [-0.05, 0) is 18.5 Å². The molecule has 0 aliphatic rings. The summed E-state index contributed by atoms with van der Waals surface area (Å²) >= 11 is 6.45. The molecular formula is C6H5N3S2. The summed E-state index contributed by atoms with van der Waals surface area (Å²) in [6, 6.07) is 0. The number of hydrogen-bond acceptors (Lipinski definition) is 4. The van der Waals surface area contributed by atoms with Crippen LogP contribution in [0.4, 0.5) is 0 Å². The Morgan fingerprint density at radius 3 is 3.18 bits per heavy atom. The van der Waals surface area contributed by atoms with Crippen molar-refractivity contribution in [2.45, 2.75) is 6.92 Å². The van der Waals surface area contributed by atoms with Gasteiger partial charge in [-0.3, -0.25) is 0 Å². The van der Waals surface area contributed by atoms with E-state index in [-0.39, 0.29) is 0 Å². The molecule has 0 bridgehead atoms. The zero-order valence-electron chi connectivity index (χ0n) is 5.79. The van der Waals surface area contributed by atoms with Gasteiger partial charge in [0.2, 0.25) is 0 Å². The van der Waals surface area contributed by atoms with Gasteiger partial charge in [-0.15, -0.1) is 0 Å². The van der Waals surface area contributed by atoms with E-state index in [1.54, 1.807) is 6.33 Å². The highest BCUT2D eigenvalue weighted by Gasteiger charge is 2.02. The number of aromatic nitrogens is 3. The zero-order chi connectivity index (χ0) is 7.84. The maximum atomic E-state index is 5.07. The van der Waals surface area contributed by atoms with E-state index in [0.29, 0.717) is 0 Å². The third-order valence-electron chi connectivity index (χ3n) is 1.45. The van der Waals surface area contributed by atoms with E-state index in [9.17, 15) is 0 Å². The number of hydrogen-bond donors (Lipinski definition) is 1. The van der Waals surface area contributed by atoms with Crippen molar-refractivity contribution in [2.75, 3.05) is 0 Å². The fraction of sp³-hybridized carbons (Fsp3) is 0.167. The summed E-state index contributed by atoms with van der Waals surface area (Å²) in [5, 5.41) is 0.979. The van der Waals surface area contributed by atoms with E-state index < -0.39 is 0 Å². The lowest BCUT2D eigenvalue weighted by Crippen LogP contribution is -1.79. The van der Waals surface area contributed by atoms with Crippen molar-refractivity contribution in [3.8, 4) is 0 Å². The fourth-order valence-corrected chi connectivity index (χ4v) is 2.05. The van der Waals surface area contributed by atoms with Crippen molar-refractivity contribution < 1.29 is 0 Å². The lowest BCUT2D eigenvalue weighted by Gasteiger charge is -1.87. The number of nitrogens with zero attached hydrogens (tertiary/aromatic N) is 2. The smallest absolute Gasteiger partial charge is 0.148 e. The second kappa shape index (κ2) is 2.35. The molecule has 0 aromatic carbocycles. The fourth-order valence-electron chi connectivity index (χ4n) is 0.929. The molecule has 2 rings (SSSR count). The Balaban J connectivity index is 3.08. The lowest BCUT2D eigenvalue weighted by atomic mass is 10.3. The van der Waals surface area contributed by atoms with Crippen LogP contribution in [-0.4, -0.2) is 14.3 Å². The third kappa shape index (κ3) is 0.965. The van der Waals surface area contributed by atoms with Crippen LogP contribution >= 0.6 is 23.8 Å². The molecule has 0 saturated heterocycles. The van der Waals surface area contributed by atoms with Crippen molar-refractivity contribution in [1.29, 1.82) is 0 Å². The number of H-pyrrole nitrogens is 1. The first kappa shape index (κ1) is 6.87. The molecule has 2 heterocycles. The van der Waals surface area contributed by atoms with E-state index in [1.807, 2.05) is 6.92 Å². The maximum Gasteiger partial charge on any atom is 0.148 e. The van der Waals surface area contributed by atoms with Crippen molar-refractivity contribution >= 4 is 34.0 Å². The van der Waals surface area contributed by atoms with E-state index in [0.717, 1.165) is 20.6 Å². The van der Waals surface area contributed by atoms with Crippen LogP contribution in [-0.2, 0) is 0 Å². The molecule has 11 heavy (non-hydrogen) atoms. The zero-order valence-corrected chi connectivity index (χ0v) is 7.42. The predicted molar refractivity (Wildman–Crippen MR) is 47.3 cm³/mol.